The third-order valence-electron chi connectivity index (χ3n) is 4.31. The first-order valence-electron chi connectivity index (χ1n) is 8.90. The maximum absolute atomic E-state index is 5.50. The van der Waals surface area contributed by atoms with E-state index in [4.69, 9.17) is 14.1 Å². The summed E-state index contributed by atoms with van der Waals surface area (Å²) in [6.07, 6.45) is 6.16. The molecule has 1 fully saturated rings. The van der Waals surface area contributed by atoms with Crippen molar-refractivity contribution in [2.75, 3.05) is 32.8 Å². The van der Waals surface area contributed by atoms with Gasteiger partial charge in [-0.15, -0.1) is 0 Å². The van der Waals surface area contributed by atoms with Crippen molar-refractivity contribution in [2.24, 2.45) is 10.4 Å². The van der Waals surface area contributed by atoms with Crippen LogP contribution in [-0.2, 0) is 11.2 Å². The number of nitrogens with one attached hydrogen (secondary N) is 2. The van der Waals surface area contributed by atoms with Crippen molar-refractivity contribution in [1.82, 2.24) is 10.6 Å². The second kappa shape index (κ2) is 9.52. The standard InChI is InChI=1S/C19H31N3O2/c1-4-23-13-10-19(8-9-19)15-22-18(21-14-16(2)3)20-11-7-17-6-5-12-24-17/h5-6,12H,2,4,7-11,13-15H2,1,3H3,(H2,20,21,22). The fraction of sp³-hybridized carbons (Fsp3) is 0.632. The first-order valence-corrected chi connectivity index (χ1v) is 8.90. The lowest BCUT2D eigenvalue weighted by atomic mass is 10.0. The van der Waals surface area contributed by atoms with Crippen LogP contribution in [0.1, 0.15) is 38.9 Å². The highest BCUT2D eigenvalue weighted by atomic mass is 16.5. The average molecular weight is 333 g/mol. The fourth-order valence-corrected chi connectivity index (χ4v) is 2.51. The molecule has 0 bridgehead atoms. The van der Waals surface area contributed by atoms with Gasteiger partial charge in [-0.3, -0.25) is 4.99 Å². The summed E-state index contributed by atoms with van der Waals surface area (Å²) in [5.41, 5.74) is 1.45. The SMILES string of the molecule is C=C(C)CNC(=NCC1(CCOCC)CC1)NCCc1ccco1. The van der Waals surface area contributed by atoms with E-state index in [2.05, 4.69) is 17.2 Å². The van der Waals surface area contributed by atoms with Gasteiger partial charge in [-0.1, -0.05) is 12.2 Å². The third kappa shape index (κ3) is 6.79. The molecule has 1 saturated carbocycles. The zero-order valence-electron chi connectivity index (χ0n) is 15.1. The van der Waals surface area contributed by atoms with Crippen LogP contribution in [0.4, 0.5) is 0 Å². The van der Waals surface area contributed by atoms with Crippen LogP contribution in [-0.4, -0.2) is 38.8 Å². The molecule has 1 aliphatic rings. The lowest BCUT2D eigenvalue weighted by molar-refractivity contribution is 0.129. The van der Waals surface area contributed by atoms with E-state index in [1.54, 1.807) is 6.26 Å². The maximum Gasteiger partial charge on any atom is 0.191 e. The lowest BCUT2D eigenvalue weighted by Crippen LogP contribution is -2.39. The lowest BCUT2D eigenvalue weighted by Gasteiger charge is -2.16. The van der Waals surface area contributed by atoms with Crippen LogP contribution in [0.25, 0.3) is 0 Å². The van der Waals surface area contributed by atoms with E-state index in [0.29, 0.717) is 5.41 Å². The van der Waals surface area contributed by atoms with Crippen LogP contribution >= 0.6 is 0 Å². The van der Waals surface area contributed by atoms with Crippen molar-refractivity contribution in [3.05, 3.63) is 36.3 Å². The number of rotatable bonds is 11. The zero-order valence-corrected chi connectivity index (χ0v) is 15.1. The number of furan rings is 1. The van der Waals surface area contributed by atoms with Gasteiger partial charge in [-0.2, -0.15) is 0 Å². The van der Waals surface area contributed by atoms with Gasteiger partial charge in [-0.05, 0) is 50.7 Å². The van der Waals surface area contributed by atoms with Gasteiger partial charge in [0.25, 0.3) is 0 Å². The predicted octanol–water partition coefficient (Wildman–Crippen LogP) is 3.14. The highest BCUT2D eigenvalue weighted by Gasteiger charge is 2.41. The smallest absolute Gasteiger partial charge is 0.191 e. The van der Waals surface area contributed by atoms with Crippen LogP contribution in [0.15, 0.2) is 40.0 Å². The molecule has 0 aliphatic heterocycles. The molecule has 2 rings (SSSR count). The number of guanidine groups is 1. The third-order valence-corrected chi connectivity index (χ3v) is 4.31. The van der Waals surface area contributed by atoms with Gasteiger partial charge in [0.1, 0.15) is 5.76 Å². The maximum atomic E-state index is 5.50. The topological polar surface area (TPSA) is 58.8 Å². The van der Waals surface area contributed by atoms with E-state index in [9.17, 15) is 0 Å². The Balaban J connectivity index is 1.81. The van der Waals surface area contributed by atoms with E-state index in [0.717, 1.165) is 63.0 Å². The molecule has 0 aromatic carbocycles. The van der Waals surface area contributed by atoms with Crippen LogP contribution in [0.5, 0.6) is 0 Å². The first kappa shape index (κ1) is 18.6. The number of hydrogen-bond acceptors (Lipinski definition) is 3. The number of ether oxygens (including phenoxy) is 1. The predicted molar refractivity (Wildman–Crippen MR) is 98.3 cm³/mol. The largest absolute Gasteiger partial charge is 0.469 e. The van der Waals surface area contributed by atoms with E-state index >= 15 is 0 Å². The fourth-order valence-electron chi connectivity index (χ4n) is 2.51. The summed E-state index contributed by atoms with van der Waals surface area (Å²) < 4.78 is 10.9. The minimum Gasteiger partial charge on any atom is -0.469 e. The summed E-state index contributed by atoms with van der Waals surface area (Å²) in [6, 6.07) is 3.91. The Hall–Kier alpha value is -1.75. The van der Waals surface area contributed by atoms with Gasteiger partial charge in [0, 0.05) is 39.3 Å². The molecule has 5 nitrogen and oxygen atoms in total. The molecule has 1 heterocycles. The number of aliphatic imine (C=N–C) groups is 1. The average Bonchev–Trinajstić information content (AvgIpc) is 3.13. The molecule has 5 heteroatoms. The van der Waals surface area contributed by atoms with E-state index < -0.39 is 0 Å². The molecule has 1 aromatic rings. The zero-order chi connectivity index (χ0) is 17.3. The van der Waals surface area contributed by atoms with Crippen LogP contribution < -0.4 is 10.6 Å². The van der Waals surface area contributed by atoms with Crippen molar-refractivity contribution in [2.45, 2.75) is 39.5 Å². The highest BCUT2D eigenvalue weighted by molar-refractivity contribution is 5.80. The Morgan fingerprint density at radius 1 is 1.42 bits per heavy atom. The quantitative estimate of drug-likeness (QED) is 0.283. The van der Waals surface area contributed by atoms with Crippen molar-refractivity contribution < 1.29 is 9.15 Å². The Kier molecular flexibility index (Phi) is 7.37. The van der Waals surface area contributed by atoms with E-state index in [-0.39, 0.29) is 0 Å². The molecule has 0 unspecified atom stereocenters. The second-order valence-corrected chi connectivity index (χ2v) is 6.68. The van der Waals surface area contributed by atoms with E-state index in [1.807, 2.05) is 26.0 Å². The van der Waals surface area contributed by atoms with Gasteiger partial charge >= 0.3 is 0 Å². The second-order valence-electron chi connectivity index (χ2n) is 6.68. The van der Waals surface area contributed by atoms with Gasteiger partial charge in [0.2, 0.25) is 0 Å². The molecule has 2 N–H and O–H groups in total. The summed E-state index contributed by atoms with van der Waals surface area (Å²) in [7, 11) is 0. The monoisotopic (exact) mass is 333 g/mol. The van der Waals surface area contributed by atoms with Gasteiger partial charge in [0.05, 0.1) is 6.26 Å². The van der Waals surface area contributed by atoms with Crippen molar-refractivity contribution in [3.63, 3.8) is 0 Å². The normalized spacial score (nSPS) is 16.0. The minimum atomic E-state index is 0.355. The molecular formula is C19H31N3O2. The van der Waals surface area contributed by atoms with Gasteiger partial charge in [0.15, 0.2) is 5.96 Å². The van der Waals surface area contributed by atoms with Gasteiger partial charge < -0.3 is 19.8 Å². The van der Waals surface area contributed by atoms with Crippen LogP contribution in [0.2, 0.25) is 0 Å². The van der Waals surface area contributed by atoms with E-state index in [1.165, 1.54) is 12.8 Å². The molecule has 24 heavy (non-hydrogen) atoms. The van der Waals surface area contributed by atoms with Crippen molar-refractivity contribution in [3.8, 4) is 0 Å². The van der Waals surface area contributed by atoms with Gasteiger partial charge in [-0.25, -0.2) is 0 Å². The molecule has 0 saturated heterocycles. The number of hydrogen-bond donors (Lipinski definition) is 2. The van der Waals surface area contributed by atoms with Crippen molar-refractivity contribution in [1.29, 1.82) is 0 Å². The summed E-state index contributed by atoms with van der Waals surface area (Å²) >= 11 is 0. The Labute approximate surface area is 145 Å². The molecule has 1 aromatic heterocycles. The summed E-state index contributed by atoms with van der Waals surface area (Å²) in [5.74, 6) is 1.84. The molecule has 0 spiro atoms. The summed E-state index contributed by atoms with van der Waals surface area (Å²) in [4.78, 5) is 4.79. The molecule has 0 radical (unpaired) electrons. The molecule has 134 valence electrons. The Morgan fingerprint density at radius 3 is 2.88 bits per heavy atom. The molecule has 0 amide bonds. The Bertz CT molecular complexity index is 519. The van der Waals surface area contributed by atoms with Crippen LogP contribution in [0, 0.1) is 5.41 Å². The van der Waals surface area contributed by atoms with Crippen LogP contribution in [0.3, 0.4) is 0 Å². The Morgan fingerprint density at radius 2 is 2.25 bits per heavy atom. The molecular weight excluding hydrogens is 302 g/mol. The van der Waals surface area contributed by atoms with Crippen molar-refractivity contribution >= 4 is 5.96 Å². The minimum absolute atomic E-state index is 0.355. The summed E-state index contributed by atoms with van der Waals surface area (Å²) in [6.45, 7) is 12.0. The molecule has 0 atom stereocenters. The molecule has 1 aliphatic carbocycles. The highest BCUT2D eigenvalue weighted by Crippen LogP contribution is 2.48. The first-order chi connectivity index (χ1) is 11.6. The number of nitrogens with zero attached hydrogens (tertiary/aromatic N) is 1. The summed E-state index contributed by atoms with van der Waals surface area (Å²) in [5, 5.41) is 6.73.